The number of ether oxygens (including phenoxy) is 2. The van der Waals surface area contributed by atoms with Gasteiger partial charge in [0.15, 0.2) is 5.75 Å². The van der Waals surface area contributed by atoms with E-state index < -0.39 is 17.8 Å². The van der Waals surface area contributed by atoms with Gasteiger partial charge in [0.25, 0.3) is 0 Å². The number of nitrogens with zero attached hydrogens (tertiary/aromatic N) is 5. The van der Waals surface area contributed by atoms with E-state index in [4.69, 9.17) is 9.47 Å². The zero-order valence-electron chi connectivity index (χ0n) is 21.9. The zero-order valence-corrected chi connectivity index (χ0v) is 21.9. The van der Waals surface area contributed by atoms with Crippen LogP contribution in [0.1, 0.15) is 29.7 Å². The molecule has 9 nitrogen and oxygen atoms in total. The number of piperidine rings is 1. The van der Waals surface area contributed by atoms with E-state index in [0.717, 1.165) is 70.1 Å². The maximum atomic E-state index is 12.9. The molecule has 40 heavy (non-hydrogen) atoms. The van der Waals surface area contributed by atoms with E-state index in [1.54, 1.807) is 19.1 Å². The predicted molar refractivity (Wildman–Crippen MR) is 142 cm³/mol. The molecule has 0 bridgehead atoms. The van der Waals surface area contributed by atoms with Crippen LogP contribution in [0.2, 0.25) is 0 Å². The van der Waals surface area contributed by atoms with Crippen LogP contribution < -0.4 is 15.0 Å². The van der Waals surface area contributed by atoms with Crippen LogP contribution in [0.3, 0.4) is 0 Å². The molecule has 0 unspecified atom stereocenters. The Hall–Kier alpha value is -4.08. The van der Waals surface area contributed by atoms with Crippen molar-refractivity contribution in [3.63, 3.8) is 0 Å². The summed E-state index contributed by atoms with van der Waals surface area (Å²) < 4.78 is 50.8. The fraction of sp³-hybridized carbons (Fsp3) is 0.393. The molecule has 3 aromatic rings. The van der Waals surface area contributed by atoms with Crippen LogP contribution in [0.4, 0.5) is 29.3 Å². The number of amides is 1. The summed E-state index contributed by atoms with van der Waals surface area (Å²) in [6.45, 7) is 6.78. The van der Waals surface area contributed by atoms with Gasteiger partial charge in [-0.1, -0.05) is 0 Å². The molecule has 0 atom stereocenters. The molecule has 3 heterocycles. The Kier molecular flexibility index (Phi) is 7.95. The second-order valence-corrected chi connectivity index (χ2v) is 9.78. The molecule has 2 saturated heterocycles. The van der Waals surface area contributed by atoms with E-state index in [2.05, 4.69) is 26.3 Å². The Labute approximate surface area is 229 Å². The van der Waals surface area contributed by atoms with E-state index >= 15 is 0 Å². The maximum Gasteiger partial charge on any atom is 0.417 e. The van der Waals surface area contributed by atoms with Crippen molar-refractivity contribution in [1.29, 1.82) is 5.26 Å². The molecule has 0 radical (unpaired) electrons. The number of carbonyl (C=O) groups excluding carboxylic acids is 1. The molecule has 5 rings (SSSR count). The van der Waals surface area contributed by atoms with Gasteiger partial charge in [0.2, 0.25) is 0 Å². The van der Waals surface area contributed by atoms with E-state index in [-0.39, 0.29) is 5.75 Å². The van der Waals surface area contributed by atoms with Crippen LogP contribution in [0, 0.1) is 18.3 Å². The largest absolute Gasteiger partial charge is 0.417 e. The van der Waals surface area contributed by atoms with Crippen molar-refractivity contribution in [2.24, 2.45) is 0 Å². The highest BCUT2D eigenvalue weighted by atomic mass is 19.4. The number of morpholine rings is 1. The third-order valence-electron chi connectivity index (χ3n) is 7.34. The number of benzene rings is 2. The van der Waals surface area contributed by atoms with E-state index in [0.29, 0.717) is 28.7 Å². The number of carbonyl (C=O) groups is 1. The molecule has 2 aliphatic rings. The van der Waals surface area contributed by atoms with Gasteiger partial charge in [-0.05, 0) is 62.2 Å². The van der Waals surface area contributed by atoms with Gasteiger partial charge < -0.3 is 14.4 Å². The van der Waals surface area contributed by atoms with Gasteiger partial charge in [0.05, 0.1) is 47.6 Å². The van der Waals surface area contributed by atoms with Gasteiger partial charge in [0, 0.05) is 37.9 Å². The van der Waals surface area contributed by atoms with E-state index in [1.165, 1.54) is 23.0 Å². The molecule has 0 spiro atoms. The second kappa shape index (κ2) is 11.6. The molecule has 0 saturated carbocycles. The number of hydrogen-bond acceptors (Lipinski definition) is 7. The summed E-state index contributed by atoms with van der Waals surface area (Å²) in [5.41, 5.74) is 1.75. The molecule has 1 aromatic heterocycles. The fourth-order valence-corrected chi connectivity index (χ4v) is 5.18. The van der Waals surface area contributed by atoms with Gasteiger partial charge in [-0.3, -0.25) is 10.2 Å². The standard InChI is InChI=1S/C28H29F3N6O3/c1-19-26(18-33-37(19)24-5-2-21(3-6-24)28(29,30)31)40-27(38)34-22-4-7-25(20(16-22)17-32)36-10-8-23(9-11-36)35-12-14-39-15-13-35/h2-7,16,18,23H,8-15H2,1H3,(H,34,38). The minimum Gasteiger partial charge on any atom is -0.406 e. The Balaban J connectivity index is 1.20. The highest BCUT2D eigenvalue weighted by molar-refractivity contribution is 5.87. The number of aromatic nitrogens is 2. The number of anilines is 2. The minimum atomic E-state index is -4.44. The smallest absolute Gasteiger partial charge is 0.406 e. The van der Waals surface area contributed by atoms with E-state index in [9.17, 15) is 23.2 Å². The molecule has 1 N–H and O–H groups in total. The summed E-state index contributed by atoms with van der Waals surface area (Å²) in [5.74, 6) is 0.151. The summed E-state index contributed by atoms with van der Waals surface area (Å²) in [7, 11) is 0. The molecular formula is C28H29F3N6O3. The summed E-state index contributed by atoms with van der Waals surface area (Å²) in [6, 6.07) is 12.4. The third-order valence-corrected chi connectivity index (χ3v) is 7.34. The summed E-state index contributed by atoms with van der Waals surface area (Å²) in [6.07, 6.45) is -1.88. The van der Waals surface area contributed by atoms with Crippen LogP contribution in [-0.4, -0.2) is 66.2 Å². The molecule has 2 fully saturated rings. The molecule has 210 valence electrons. The van der Waals surface area contributed by atoms with Crippen molar-refractivity contribution >= 4 is 17.5 Å². The zero-order chi connectivity index (χ0) is 28.3. The number of nitriles is 1. The number of nitrogens with one attached hydrogen (secondary N) is 1. The topological polar surface area (TPSA) is 95.7 Å². The first-order chi connectivity index (χ1) is 19.2. The van der Waals surface area contributed by atoms with Gasteiger partial charge in [0.1, 0.15) is 6.07 Å². The van der Waals surface area contributed by atoms with Crippen LogP contribution in [0.5, 0.6) is 5.75 Å². The van der Waals surface area contributed by atoms with Crippen LogP contribution >= 0.6 is 0 Å². The molecule has 2 aliphatic heterocycles. The Morgan fingerprint density at radius 1 is 1.10 bits per heavy atom. The summed E-state index contributed by atoms with van der Waals surface area (Å²) in [5, 5.41) is 16.6. The summed E-state index contributed by atoms with van der Waals surface area (Å²) >= 11 is 0. The molecule has 2 aromatic carbocycles. The van der Waals surface area contributed by atoms with Crippen LogP contribution in [0.25, 0.3) is 5.69 Å². The van der Waals surface area contributed by atoms with E-state index in [1.807, 2.05) is 6.07 Å². The van der Waals surface area contributed by atoms with Crippen molar-refractivity contribution < 1.29 is 27.4 Å². The Morgan fingerprint density at radius 2 is 1.80 bits per heavy atom. The van der Waals surface area contributed by atoms with Crippen molar-refractivity contribution in [1.82, 2.24) is 14.7 Å². The minimum absolute atomic E-state index is 0.151. The Bertz CT molecular complexity index is 1390. The van der Waals surface area contributed by atoms with Crippen molar-refractivity contribution in [3.8, 4) is 17.5 Å². The lowest BCUT2D eigenvalue weighted by Crippen LogP contribution is -2.49. The fourth-order valence-electron chi connectivity index (χ4n) is 5.18. The van der Waals surface area contributed by atoms with Crippen LogP contribution in [0.15, 0.2) is 48.7 Å². The van der Waals surface area contributed by atoms with Gasteiger partial charge in [-0.25, -0.2) is 9.48 Å². The number of halogens is 3. The lowest BCUT2D eigenvalue weighted by molar-refractivity contribution is -0.137. The molecule has 0 aliphatic carbocycles. The van der Waals surface area contributed by atoms with Gasteiger partial charge >= 0.3 is 12.3 Å². The molecule has 1 amide bonds. The quantitative estimate of drug-likeness (QED) is 0.475. The van der Waals surface area contributed by atoms with Crippen molar-refractivity contribution in [2.45, 2.75) is 32.0 Å². The lowest BCUT2D eigenvalue weighted by Gasteiger charge is -2.41. The monoisotopic (exact) mass is 554 g/mol. The average Bonchev–Trinajstić information content (AvgIpc) is 3.32. The average molecular weight is 555 g/mol. The Morgan fingerprint density at radius 3 is 2.45 bits per heavy atom. The van der Waals surface area contributed by atoms with Gasteiger partial charge in [-0.2, -0.15) is 23.5 Å². The molecular weight excluding hydrogens is 525 g/mol. The first-order valence-corrected chi connectivity index (χ1v) is 13.0. The van der Waals surface area contributed by atoms with Crippen molar-refractivity contribution in [2.75, 3.05) is 49.6 Å². The normalized spacial score (nSPS) is 16.9. The second-order valence-electron chi connectivity index (χ2n) is 9.78. The van der Waals surface area contributed by atoms with Crippen molar-refractivity contribution in [3.05, 3.63) is 65.5 Å². The first-order valence-electron chi connectivity index (χ1n) is 13.0. The van der Waals surface area contributed by atoms with Gasteiger partial charge in [-0.15, -0.1) is 0 Å². The number of alkyl halides is 3. The molecule has 12 heteroatoms. The maximum absolute atomic E-state index is 12.9. The first kappa shape index (κ1) is 27.5. The third kappa shape index (κ3) is 6.05. The summed E-state index contributed by atoms with van der Waals surface area (Å²) in [4.78, 5) is 17.3. The lowest BCUT2D eigenvalue weighted by atomic mass is 10.0. The number of hydrogen-bond donors (Lipinski definition) is 1. The number of rotatable bonds is 5. The highest BCUT2D eigenvalue weighted by Crippen LogP contribution is 2.31. The predicted octanol–water partition coefficient (Wildman–Crippen LogP) is 4.98. The highest BCUT2D eigenvalue weighted by Gasteiger charge is 2.30. The SMILES string of the molecule is Cc1c(OC(=O)Nc2ccc(N3CCC(N4CCOCC4)CC3)c(C#N)c2)cnn1-c1ccc(C(F)(F)F)cc1. The van der Waals surface area contributed by atoms with Crippen LogP contribution in [-0.2, 0) is 10.9 Å².